The highest BCUT2D eigenvalue weighted by Gasteiger charge is 2.48. The zero-order valence-electron chi connectivity index (χ0n) is 17.8. The van der Waals surface area contributed by atoms with Crippen LogP contribution in [0.1, 0.15) is 38.3 Å². The number of ether oxygens (including phenoxy) is 2. The Kier molecular flexibility index (Phi) is 7.01. The lowest BCUT2D eigenvalue weighted by molar-refractivity contribution is -0.152. The lowest BCUT2D eigenvalue weighted by atomic mass is 9.96. The second-order valence-corrected chi connectivity index (χ2v) is 9.00. The summed E-state index contributed by atoms with van der Waals surface area (Å²) < 4.78 is 10.8. The van der Waals surface area contributed by atoms with Crippen molar-refractivity contribution >= 4 is 29.6 Å². The largest absolute Gasteiger partial charge is 0.459 e. The topological polar surface area (TPSA) is 72.9 Å². The molecule has 31 heavy (non-hydrogen) atoms. The van der Waals surface area contributed by atoms with Gasteiger partial charge in [-0.25, -0.2) is 14.5 Å². The molecule has 0 saturated carbocycles. The third-order valence-corrected chi connectivity index (χ3v) is 5.10. The molecule has 0 N–H and O–H groups in total. The van der Waals surface area contributed by atoms with Crippen LogP contribution in [0.2, 0.25) is 5.02 Å². The third kappa shape index (κ3) is 6.07. The third-order valence-electron chi connectivity index (χ3n) is 4.86. The van der Waals surface area contributed by atoms with Gasteiger partial charge >= 0.3 is 12.1 Å². The molecule has 7 heteroatoms. The molecule has 0 bridgehead atoms. The quantitative estimate of drug-likeness (QED) is 0.622. The number of carbonyl (C=O) groups excluding carboxylic acids is 3. The maximum atomic E-state index is 13.1. The molecular formula is C24H26ClNO5. The predicted octanol–water partition coefficient (Wildman–Crippen LogP) is 4.78. The van der Waals surface area contributed by atoms with E-state index in [0.29, 0.717) is 11.4 Å². The summed E-state index contributed by atoms with van der Waals surface area (Å²) in [6.45, 7) is 5.18. The molecule has 2 aromatic rings. The van der Waals surface area contributed by atoms with Gasteiger partial charge in [-0.2, -0.15) is 0 Å². The lowest BCUT2D eigenvalue weighted by Crippen LogP contribution is -2.46. The van der Waals surface area contributed by atoms with Gasteiger partial charge in [0.25, 0.3) is 0 Å². The second-order valence-electron chi connectivity index (χ2n) is 8.56. The molecule has 6 nitrogen and oxygen atoms in total. The Bertz CT molecular complexity index is 954. The molecule has 2 atom stereocenters. The van der Waals surface area contributed by atoms with Crippen LogP contribution < -0.4 is 0 Å². The van der Waals surface area contributed by atoms with E-state index in [1.54, 1.807) is 39.0 Å². The Morgan fingerprint density at radius 3 is 2.39 bits per heavy atom. The molecule has 1 saturated heterocycles. The highest BCUT2D eigenvalue weighted by atomic mass is 35.5. The number of imide groups is 1. The predicted molar refractivity (Wildman–Crippen MR) is 116 cm³/mol. The first-order valence-electron chi connectivity index (χ1n) is 10.1. The molecule has 0 unspecified atom stereocenters. The molecular weight excluding hydrogens is 418 g/mol. The summed E-state index contributed by atoms with van der Waals surface area (Å²) in [5, 5.41) is 0.561. The number of likely N-dealkylation sites (tertiary alicyclic amines) is 1. The number of carbonyl (C=O) groups is 3. The van der Waals surface area contributed by atoms with Crippen molar-refractivity contribution < 1.29 is 23.9 Å². The molecule has 1 aliphatic heterocycles. The Labute approximate surface area is 187 Å². The monoisotopic (exact) mass is 443 g/mol. The van der Waals surface area contributed by atoms with Gasteiger partial charge in [0.05, 0.1) is 0 Å². The highest BCUT2D eigenvalue weighted by Crippen LogP contribution is 2.31. The summed E-state index contributed by atoms with van der Waals surface area (Å²) in [6, 6.07) is 15.4. The van der Waals surface area contributed by atoms with Crippen molar-refractivity contribution in [2.24, 2.45) is 5.92 Å². The number of esters is 1. The zero-order chi connectivity index (χ0) is 22.6. The van der Waals surface area contributed by atoms with Crippen LogP contribution in [0.25, 0.3) is 0 Å². The first-order valence-corrected chi connectivity index (χ1v) is 10.5. The van der Waals surface area contributed by atoms with Gasteiger partial charge in [0.1, 0.15) is 18.2 Å². The van der Waals surface area contributed by atoms with Gasteiger partial charge in [-0.05, 0) is 56.9 Å². The van der Waals surface area contributed by atoms with Gasteiger partial charge in [0.2, 0.25) is 5.91 Å². The van der Waals surface area contributed by atoms with E-state index in [0.717, 1.165) is 16.0 Å². The fraction of sp³-hybridized carbons (Fsp3) is 0.375. The van der Waals surface area contributed by atoms with Crippen molar-refractivity contribution in [2.75, 3.05) is 0 Å². The lowest BCUT2D eigenvalue weighted by Gasteiger charge is -2.26. The van der Waals surface area contributed by atoms with E-state index in [4.69, 9.17) is 21.1 Å². The van der Waals surface area contributed by atoms with Crippen LogP contribution in [0.3, 0.4) is 0 Å². The second kappa shape index (κ2) is 9.52. The molecule has 1 fully saturated rings. The van der Waals surface area contributed by atoms with E-state index < -0.39 is 35.5 Å². The zero-order valence-corrected chi connectivity index (χ0v) is 18.6. The van der Waals surface area contributed by atoms with Crippen LogP contribution in [0.15, 0.2) is 54.6 Å². The van der Waals surface area contributed by atoms with Gasteiger partial charge in [-0.3, -0.25) is 4.79 Å². The molecule has 1 aliphatic rings. The minimum atomic E-state index is -1.03. The molecule has 0 spiro atoms. The maximum Gasteiger partial charge on any atom is 0.417 e. The van der Waals surface area contributed by atoms with Crippen molar-refractivity contribution in [3.05, 3.63) is 70.7 Å². The highest BCUT2D eigenvalue weighted by molar-refractivity contribution is 6.30. The van der Waals surface area contributed by atoms with E-state index in [1.165, 1.54) is 0 Å². The van der Waals surface area contributed by atoms with Crippen molar-refractivity contribution in [1.29, 1.82) is 0 Å². The van der Waals surface area contributed by atoms with E-state index in [1.807, 2.05) is 36.4 Å². The van der Waals surface area contributed by atoms with E-state index >= 15 is 0 Å². The Balaban J connectivity index is 1.78. The van der Waals surface area contributed by atoms with E-state index in [9.17, 15) is 14.4 Å². The Hall–Kier alpha value is -2.86. The number of hydrogen-bond donors (Lipinski definition) is 0. The normalized spacial score (nSPS) is 18.7. The number of amides is 2. The molecule has 164 valence electrons. The average molecular weight is 444 g/mol. The molecule has 2 aromatic carbocycles. The molecule has 3 rings (SSSR count). The fourth-order valence-corrected chi connectivity index (χ4v) is 3.71. The van der Waals surface area contributed by atoms with Crippen LogP contribution in [-0.4, -0.2) is 34.5 Å². The average Bonchev–Trinajstić information content (AvgIpc) is 3.02. The summed E-state index contributed by atoms with van der Waals surface area (Å²) in [6.07, 6.45) is -0.313. The number of nitrogens with zero attached hydrogens (tertiary/aromatic N) is 1. The van der Waals surface area contributed by atoms with Crippen LogP contribution >= 0.6 is 11.6 Å². The molecule has 0 aromatic heterocycles. The van der Waals surface area contributed by atoms with Crippen LogP contribution in [0.4, 0.5) is 4.79 Å². The summed E-state index contributed by atoms with van der Waals surface area (Å²) in [5.74, 6) is -1.63. The van der Waals surface area contributed by atoms with Gasteiger partial charge in [-0.1, -0.05) is 54.1 Å². The van der Waals surface area contributed by atoms with Gasteiger partial charge in [0.15, 0.2) is 0 Å². The number of benzene rings is 2. The first kappa shape index (κ1) is 22.8. The van der Waals surface area contributed by atoms with Crippen LogP contribution in [-0.2, 0) is 32.1 Å². The summed E-state index contributed by atoms with van der Waals surface area (Å²) in [4.78, 5) is 39.6. The fourth-order valence-electron chi connectivity index (χ4n) is 3.50. The molecule has 1 heterocycles. The van der Waals surface area contributed by atoms with E-state index in [-0.39, 0.29) is 13.0 Å². The van der Waals surface area contributed by atoms with Crippen LogP contribution in [0.5, 0.6) is 0 Å². The molecule has 0 aliphatic carbocycles. The van der Waals surface area contributed by atoms with Crippen molar-refractivity contribution in [3.8, 4) is 0 Å². The maximum absolute atomic E-state index is 13.1. The number of rotatable bonds is 5. The SMILES string of the molecule is CC(C)(C)OC(=O)N1C(=O)[C@@H](Cc2cccc(Cl)c2)C[C@@H]1C(=O)OCc1ccccc1. The first-order chi connectivity index (χ1) is 14.6. The summed E-state index contributed by atoms with van der Waals surface area (Å²) >= 11 is 6.05. The summed E-state index contributed by atoms with van der Waals surface area (Å²) in [5.41, 5.74) is 0.869. The van der Waals surface area contributed by atoms with Crippen molar-refractivity contribution in [2.45, 2.75) is 51.9 Å². The Morgan fingerprint density at radius 1 is 1.06 bits per heavy atom. The standard InChI is InChI=1S/C24H26ClNO5/c1-24(2,3)31-23(29)26-20(22(28)30-15-16-8-5-4-6-9-16)14-18(21(26)27)12-17-10-7-11-19(25)13-17/h4-11,13,18,20H,12,14-15H2,1-3H3/t18-,20+/m0/s1. The smallest absolute Gasteiger partial charge is 0.417 e. The summed E-state index contributed by atoms with van der Waals surface area (Å²) in [7, 11) is 0. The van der Waals surface area contributed by atoms with Crippen molar-refractivity contribution in [1.82, 2.24) is 4.90 Å². The number of halogens is 1. The van der Waals surface area contributed by atoms with Gasteiger partial charge in [-0.15, -0.1) is 0 Å². The van der Waals surface area contributed by atoms with Crippen molar-refractivity contribution in [3.63, 3.8) is 0 Å². The minimum absolute atomic E-state index is 0.0610. The molecule has 2 amide bonds. The Morgan fingerprint density at radius 2 is 1.74 bits per heavy atom. The molecule has 0 radical (unpaired) electrons. The van der Waals surface area contributed by atoms with Gasteiger partial charge < -0.3 is 9.47 Å². The van der Waals surface area contributed by atoms with E-state index in [2.05, 4.69) is 0 Å². The van der Waals surface area contributed by atoms with Crippen LogP contribution in [0, 0.1) is 5.92 Å². The number of hydrogen-bond acceptors (Lipinski definition) is 5. The minimum Gasteiger partial charge on any atom is -0.459 e. The van der Waals surface area contributed by atoms with Gasteiger partial charge in [0, 0.05) is 10.9 Å².